The summed E-state index contributed by atoms with van der Waals surface area (Å²) in [5.74, 6) is -0.734. The minimum absolute atomic E-state index is 0.109. The van der Waals surface area contributed by atoms with Crippen molar-refractivity contribution in [2.45, 2.75) is 17.9 Å². The molecule has 2 unspecified atom stereocenters. The molecule has 0 bridgehead atoms. The number of aryl methyl sites for hydroxylation is 1. The topological polar surface area (TPSA) is 67.2 Å². The molecule has 0 saturated carbocycles. The summed E-state index contributed by atoms with van der Waals surface area (Å²) in [6, 6.07) is 12.6. The summed E-state index contributed by atoms with van der Waals surface area (Å²) in [6.07, 6.45) is 4.05. The summed E-state index contributed by atoms with van der Waals surface area (Å²) in [5, 5.41) is 7.26. The lowest BCUT2D eigenvalue weighted by atomic mass is 9.73. The Morgan fingerprint density at radius 2 is 1.97 bits per heavy atom. The van der Waals surface area contributed by atoms with Gasteiger partial charge < -0.3 is 10.2 Å². The molecule has 1 aromatic heterocycles. The third-order valence-corrected chi connectivity index (χ3v) is 5.98. The summed E-state index contributed by atoms with van der Waals surface area (Å²) >= 11 is 0. The van der Waals surface area contributed by atoms with Crippen LogP contribution in [0.15, 0.2) is 60.9 Å². The van der Waals surface area contributed by atoms with E-state index in [2.05, 4.69) is 10.4 Å². The SMILES string of the molecule is Cn1cc(C2N(C(=O)c3ccc(F)cc3)CCC23C(=O)Nc2ccccc23)cn1. The minimum atomic E-state index is -0.880. The summed E-state index contributed by atoms with van der Waals surface area (Å²) in [4.78, 5) is 28.3. The third-order valence-electron chi connectivity index (χ3n) is 5.98. The first-order chi connectivity index (χ1) is 14.0. The van der Waals surface area contributed by atoms with Crippen LogP contribution in [0.5, 0.6) is 0 Å². The Kier molecular flexibility index (Phi) is 3.81. The molecule has 1 fully saturated rings. The molecular formula is C22H19FN4O2. The van der Waals surface area contributed by atoms with Crippen LogP contribution in [0.4, 0.5) is 10.1 Å². The Labute approximate surface area is 166 Å². The monoisotopic (exact) mass is 390 g/mol. The normalized spacial score (nSPS) is 22.8. The molecule has 29 heavy (non-hydrogen) atoms. The quantitative estimate of drug-likeness (QED) is 0.731. The zero-order valence-corrected chi connectivity index (χ0v) is 15.8. The van der Waals surface area contributed by atoms with Gasteiger partial charge in [-0.3, -0.25) is 14.3 Å². The molecule has 0 radical (unpaired) electrons. The maximum atomic E-state index is 13.4. The van der Waals surface area contributed by atoms with Crippen LogP contribution in [0.25, 0.3) is 0 Å². The highest BCUT2D eigenvalue weighted by Crippen LogP contribution is 2.54. The first-order valence-corrected chi connectivity index (χ1v) is 9.47. The van der Waals surface area contributed by atoms with Crippen molar-refractivity contribution < 1.29 is 14.0 Å². The second-order valence-electron chi connectivity index (χ2n) is 7.58. The highest BCUT2D eigenvalue weighted by Gasteiger charge is 2.59. The molecule has 146 valence electrons. The van der Waals surface area contributed by atoms with E-state index < -0.39 is 17.3 Å². The highest BCUT2D eigenvalue weighted by atomic mass is 19.1. The van der Waals surface area contributed by atoms with Gasteiger partial charge in [-0.1, -0.05) is 18.2 Å². The molecule has 2 atom stereocenters. The van der Waals surface area contributed by atoms with Crippen molar-refractivity contribution in [2.75, 3.05) is 11.9 Å². The lowest BCUT2D eigenvalue weighted by molar-refractivity contribution is -0.121. The molecule has 3 aromatic rings. The zero-order valence-electron chi connectivity index (χ0n) is 15.8. The Balaban J connectivity index is 1.65. The van der Waals surface area contributed by atoms with Gasteiger partial charge >= 0.3 is 0 Å². The molecular weight excluding hydrogens is 371 g/mol. The number of rotatable bonds is 2. The second-order valence-corrected chi connectivity index (χ2v) is 7.58. The fraction of sp³-hybridized carbons (Fsp3) is 0.227. The van der Waals surface area contributed by atoms with E-state index in [1.54, 1.807) is 22.8 Å². The van der Waals surface area contributed by atoms with Gasteiger partial charge in [-0.25, -0.2) is 4.39 Å². The van der Waals surface area contributed by atoms with Crippen LogP contribution >= 0.6 is 0 Å². The van der Waals surface area contributed by atoms with Crippen molar-refractivity contribution in [2.24, 2.45) is 7.05 Å². The molecule has 5 rings (SSSR count). The van der Waals surface area contributed by atoms with E-state index in [-0.39, 0.29) is 11.8 Å². The van der Waals surface area contributed by atoms with Crippen molar-refractivity contribution in [3.63, 3.8) is 0 Å². The van der Waals surface area contributed by atoms with Crippen LogP contribution in [-0.2, 0) is 17.3 Å². The van der Waals surface area contributed by atoms with Gasteiger partial charge in [0.1, 0.15) is 11.2 Å². The van der Waals surface area contributed by atoms with Gasteiger partial charge in [0.2, 0.25) is 5.91 Å². The van der Waals surface area contributed by atoms with Crippen molar-refractivity contribution in [3.8, 4) is 0 Å². The lowest BCUT2D eigenvalue weighted by Gasteiger charge is -2.33. The van der Waals surface area contributed by atoms with Gasteiger partial charge in [-0.2, -0.15) is 5.10 Å². The number of halogens is 1. The standard InChI is InChI=1S/C22H19FN4O2/c1-26-13-15(12-24-26)19-22(17-4-2-3-5-18(17)25-21(22)29)10-11-27(19)20(28)14-6-8-16(23)9-7-14/h2-9,12-13,19H,10-11H2,1H3,(H,25,29). The maximum absolute atomic E-state index is 13.4. The van der Waals surface area contributed by atoms with Crippen LogP contribution in [0.3, 0.4) is 0 Å². The average Bonchev–Trinajstić information content (AvgIpc) is 3.39. The van der Waals surface area contributed by atoms with E-state index in [0.717, 1.165) is 16.8 Å². The molecule has 2 aliphatic rings. The number of carbonyl (C=O) groups excluding carboxylic acids is 2. The number of fused-ring (bicyclic) bond motifs is 2. The van der Waals surface area contributed by atoms with E-state index in [0.29, 0.717) is 18.5 Å². The molecule has 1 spiro atoms. The van der Waals surface area contributed by atoms with Gasteiger partial charge in [0.25, 0.3) is 5.91 Å². The first kappa shape index (κ1) is 17.6. The summed E-state index contributed by atoms with van der Waals surface area (Å²) in [7, 11) is 1.81. The first-order valence-electron chi connectivity index (χ1n) is 9.47. The van der Waals surface area contributed by atoms with E-state index in [1.807, 2.05) is 30.5 Å². The fourth-order valence-electron chi connectivity index (χ4n) is 4.71. The average molecular weight is 390 g/mol. The van der Waals surface area contributed by atoms with E-state index in [9.17, 15) is 14.0 Å². The van der Waals surface area contributed by atoms with Crippen LogP contribution in [-0.4, -0.2) is 33.0 Å². The predicted molar refractivity (Wildman–Crippen MR) is 105 cm³/mol. The number of hydrogen-bond donors (Lipinski definition) is 1. The number of nitrogens with zero attached hydrogens (tertiary/aromatic N) is 3. The van der Waals surface area contributed by atoms with Gasteiger partial charge in [-0.15, -0.1) is 0 Å². The zero-order chi connectivity index (χ0) is 20.2. The Bertz CT molecular complexity index is 1120. The summed E-state index contributed by atoms with van der Waals surface area (Å²) in [5.41, 5.74) is 1.99. The van der Waals surface area contributed by atoms with Crippen molar-refractivity contribution in [1.29, 1.82) is 0 Å². The molecule has 2 aliphatic heterocycles. The summed E-state index contributed by atoms with van der Waals surface area (Å²) < 4.78 is 15.0. The van der Waals surface area contributed by atoms with E-state index in [4.69, 9.17) is 0 Å². The molecule has 0 aliphatic carbocycles. The third kappa shape index (κ3) is 2.50. The van der Waals surface area contributed by atoms with Crippen molar-refractivity contribution in [3.05, 3.63) is 83.4 Å². The number of likely N-dealkylation sites (tertiary alicyclic amines) is 1. The van der Waals surface area contributed by atoms with Crippen molar-refractivity contribution >= 4 is 17.5 Å². The Hall–Kier alpha value is -3.48. The molecule has 1 N–H and O–H groups in total. The molecule has 3 heterocycles. The highest BCUT2D eigenvalue weighted by molar-refractivity contribution is 6.08. The van der Waals surface area contributed by atoms with Gasteiger partial charge in [0, 0.05) is 36.6 Å². The largest absolute Gasteiger partial charge is 0.330 e. The van der Waals surface area contributed by atoms with Crippen LogP contribution < -0.4 is 5.32 Å². The Morgan fingerprint density at radius 1 is 1.21 bits per heavy atom. The number of aromatic nitrogens is 2. The maximum Gasteiger partial charge on any atom is 0.254 e. The van der Waals surface area contributed by atoms with Gasteiger partial charge in [0.15, 0.2) is 0 Å². The van der Waals surface area contributed by atoms with Crippen LogP contribution in [0.2, 0.25) is 0 Å². The molecule has 2 aromatic carbocycles. The van der Waals surface area contributed by atoms with E-state index in [1.165, 1.54) is 24.3 Å². The Morgan fingerprint density at radius 3 is 2.69 bits per heavy atom. The smallest absolute Gasteiger partial charge is 0.254 e. The number of benzene rings is 2. The van der Waals surface area contributed by atoms with Crippen LogP contribution in [0, 0.1) is 5.82 Å². The molecule has 7 heteroatoms. The lowest BCUT2D eigenvalue weighted by Crippen LogP contribution is -2.42. The number of carbonyl (C=O) groups is 2. The van der Waals surface area contributed by atoms with Gasteiger partial charge in [-0.05, 0) is 42.3 Å². The van der Waals surface area contributed by atoms with Crippen LogP contribution in [0.1, 0.15) is 33.9 Å². The minimum Gasteiger partial charge on any atom is -0.330 e. The molecule has 2 amide bonds. The van der Waals surface area contributed by atoms with Crippen molar-refractivity contribution in [1.82, 2.24) is 14.7 Å². The predicted octanol–water partition coefficient (Wildman–Crippen LogP) is 3.04. The number of anilines is 1. The summed E-state index contributed by atoms with van der Waals surface area (Å²) in [6.45, 7) is 0.414. The van der Waals surface area contributed by atoms with Gasteiger partial charge in [0.05, 0.1) is 12.2 Å². The number of para-hydroxylation sites is 1. The fourth-order valence-corrected chi connectivity index (χ4v) is 4.71. The number of nitrogens with one attached hydrogen (secondary N) is 1. The number of amides is 2. The number of hydrogen-bond acceptors (Lipinski definition) is 3. The second kappa shape index (κ2) is 6.27. The molecule has 6 nitrogen and oxygen atoms in total. The molecule has 1 saturated heterocycles. The van der Waals surface area contributed by atoms with E-state index >= 15 is 0 Å².